The number of sulfonamides is 1. The summed E-state index contributed by atoms with van der Waals surface area (Å²) in [6, 6.07) is 3.55. The Morgan fingerprint density at radius 3 is 3.00 bits per heavy atom. The van der Waals surface area contributed by atoms with Crippen LogP contribution in [0.3, 0.4) is 0 Å². The molecule has 1 atom stereocenters. The molecule has 112 valence electrons. The van der Waals surface area contributed by atoms with E-state index in [4.69, 9.17) is 9.56 Å². The molecule has 1 aliphatic rings. The van der Waals surface area contributed by atoms with E-state index in [2.05, 4.69) is 4.98 Å². The number of anilines is 1. The zero-order valence-electron chi connectivity index (χ0n) is 10.9. The van der Waals surface area contributed by atoms with Crippen LogP contribution in [-0.4, -0.2) is 31.6 Å². The van der Waals surface area contributed by atoms with Crippen molar-refractivity contribution in [2.45, 2.75) is 6.42 Å². The first-order valence-corrected chi connectivity index (χ1v) is 8.82. The van der Waals surface area contributed by atoms with Gasteiger partial charge < -0.3 is 4.42 Å². The maximum absolute atomic E-state index is 12.0. The number of thiazole rings is 1. The molecule has 1 amide bonds. The normalized spacial score (nSPS) is 19.4. The van der Waals surface area contributed by atoms with Crippen LogP contribution in [0, 0.1) is 5.92 Å². The van der Waals surface area contributed by atoms with Gasteiger partial charge in [0.25, 0.3) is 0 Å². The lowest BCUT2D eigenvalue weighted by Crippen LogP contribution is -2.27. The first-order valence-electron chi connectivity index (χ1n) is 6.22. The summed E-state index contributed by atoms with van der Waals surface area (Å²) in [6.45, 7) is 0.320. The Bertz CT molecular complexity index is 751. The van der Waals surface area contributed by atoms with E-state index in [0.29, 0.717) is 23.1 Å². The SMILES string of the molecule is NS(=O)(=O)CC1CC(=O)N(c2nc(-c3ccco3)cs2)C1. The molecule has 21 heavy (non-hydrogen) atoms. The van der Waals surface area contributed by atoms with Crippen LogP contribution in [0.5, 0.6) is 0 Å². The number of hydrogen-bond donors (Lipinski definition) is 1. The molecule has 0 spiro atoms. The Morgan fingerprint density at radius 2 is 2.33 bits per heavy atom. The first kappa shape index (κ1) is 14.2. The highest BCUT2D eigenvalue weighted by molar-refractivity contribution is 7.89. The fourth-order valence-corrected chi connectivity index (χ4v) is 4.05. The van der Waals surface area contributed by atoms with Crippen molar-refractivity contribution in [2.75, 3.05) is 17.2 Å². The Hall–Kier alpha value is -1.71. The van der Waals surface area contributed by atoms with Gasteiger partial charge in [-0.1, -0.05) is 0 Å². The minimum absolute atomic E-state index is 0.135. The van der Waals surface area contributed by atoms with Gasteiger partial charge in [0.1, 0.15) is 5.69 Å². The molecule has 3 heterocycles. The molecule has 1 saturated heterocycles. The van der Waals surface area contributed by atoms with Gasteiger partial charge in [-0.3, -0.25) is 9.69 Å². The second kappa shape index (κ2) is 5.24. The second-order valence-corrected chi connectivity index (χ2v) is 7.39. The molecule has 9 heteroatoms. The Balaban J connectivity index is 1.77. The van der Waals surface area contributed by atoms with Crippen molar-refractivity contribution in [3.63, 3.8) is 0 Å². The fourth-order valence-electron chi connectivity index (χ4n) is 2.33. The molecular formula is C12H13N3O4S2. The molecule has 2 N–H and O–H groups in total. The van der Waals surface area contributed by atoms with Crippen molar-refractivity contribution >= 4 is 32.4 Å². The van der Waals surface area contributed by atoms with Gasteiger partial charge in [-0.25, -0.2) is 18.5 Å². The average Bonchev–Trinajstić information content (AvgIpc) is 3.06. The lowest BCUT2D eigenvalue weighted by molar-refractivity contribution is -0.117. The maximum atomic E-state index is 12.0. The van der Waals surface area contributed by atoms with E-state index in [1.165, 1.54) is 16.2 Å². The smallest absolute Gasteiger partial charge is 0.229 e. The van der Waals surface area contributed by atoms with E-state index in [0.717, 1.165) is 0 Å². The average molecular weight is 327 g/mol. The van der Waals surface area contributed by atoms with Crippen molar-refractivity contribution < 1.29 is 17.6 Å². The third-order valence-corrected chi connectivity index (χ3v) is 4.97. The van der Waals surface area contributed by atoms with Gasteiger partial charge in [0.2, 0.25) is 15.9 Å². The Labute approximate surface area is 125 Å². The molecule has 2 aromatic rings. The first-order chi connectivity index (χ1) is 9.92. The van der Waals surface area contributed by atoms with Crippen LogP contribution in [0.2, 0.25) is 0 Å². The number of furan rings is 1. The number of nitrogens with zero attached hydrogens (tertiary/aromatic N) is 2. The number of nitrogens with two attached hydrogens (primary N) is 1. The number of hydrogen-bond acceptors (Lipinski definition) is 6. The highest BCUT2D eigenvalue weighted by Crippen LogP contribution is 2.31. The maximum Gasteiger partial charge on any atom is 0.229 e. The molecule has 7 nitrogen and oxygen atoms in total. The van der Waals surface area contributed by atoms with Gasteiger partial charge in [0.15, 0.2) is 10.9 Å². The molecule has 1 fully saturated rings. The van der Waals surface area contributed by atoms with Gasteiger partial charge in [0.05, 0.1) is 12.0 Å². The Morgan fingerprint density at radius 1 is 1.52 bits per heavy atom. The minimum atomic E-state index is -3.58. The van der Waals surface area contributed by atoms with E-state index in [1.807, 2.05) is 0 Å². The number of rotatable bonds is 4. The van der Waals surface area contributed by atoms with Crippen molar-refractivity contribution in [3.05, 3.63) is 23.8 Å². The molecule has 0 bridgehead atoms. The van der Waals surface area contributed by atoms with Crippen LogP contribution in [0.1, 0.15) is 6.42 Å². The standard InChI is InChI=1S/C12H13N3O4S2/c13-21(17,18)7-8-4-11(16)15(5-8)12-14-9(6-20-12)10-2-1-3-19-10/h1-3,6,8H,4-5,7H2,(H2,13,17,18). The number of carbonyl (C=O) groups excluding carboxylic acids is 1. The highest BCUT2D eigenvalue weighted by Gasteiger charge is 2.34. The van der Waals surface area contributed by atoms with Gasteiger partial charge in [0, 0.05) is 24.3 Å². The van der Waals surface area contributed by atoms with Crippen molar-refractivity contribution in [2.24, 2.45) is 11.1 Å². The van der Waals surface area contributed by atoms with Crippen molar-refractivity contribution in [1.82, 2.24) is 4.98 Å². The third-order valence-electron chi connectivity index (χ3n) is 3.17. The molecule has 3 rings (SSSR count). The van der Waals surface area contributed by atoms with Crippen molar-refractivity contribution in [3.8, 4) is 11.5 Å². The van der Waals surface area contributed by atoms with E-state index < -0.39 is 10.0 Å². The van der Waals surface area contributed by atoms with E-state index in [9.17, 15) is 13.2 Å². The summed E-state index contributed by atoms with van der Waals surface area (Å²) in [6.07, 6.45) is 1.73. The molecule has 1 aliphatic heterocycles. The largest absolute Gasteiger partial charge is 0.463 e. The van der Waals surface area contributed by atoms with E-state index in [1.54, 1.807) is 23.8 Å². The third kappa shape index (κ3) is 3.14. The van der Waals surface area contributed by atoms with Crippen LogP contribution in [-0.2, 0) is 14.8 Å². The minimum Gasteiger partial charge on any atom is -0.463 e. The van der Waals surface area contributed by atoms with Gasteiger partial charge in [-0.05, 0) is 12.1 Å². The van der Waals surface area contributed by atoms with Crippen LogP contribution >= 0.6 is 11.3 Å². The summed E-state index contributed by atoms with van der Waals surface area (Å²) in [5.41, 5.74) is 0.655. The van der Waals surface area contributed by atoms with Crippen LogP contribution in [0.25, 0.3) is 11.5 Å². The zero-order valence-corrected chi connectivity index (χ0v) is 12.6. The summed E-state index contributed by atoms with van der Waals surface area (Å²) in [7, 11) is -3.58. The number of carbonyl (C=O) groups is 1. The zero-order chi connectivity index (χ0) is 15.0. The lowest BCUT2D eigenvalue weighted by Gasteiger charge is -2.12. The predicted molar refractivity (Wildman–Crippen MR) is 78.3 cm³/mol. The topological polar surface area (TPSA) is 106 Å². The van der Waals surface area contributed by atoms with Gasteiger partial charge >= 0.3 is 0 Å². The van der Waals surface area contributed by atoms with E-state index >= 15 is 0 Å². The fraction of sp³-hybridized carbons (Fsp3) is 0.333. The molecule has 1 unspecified atom stereocenters. The highest BCUT2D eigenvalue weighted by atomic mass is 32.2. The van der Waals surface area contributed by atoms with Crippen molar-refractivity contribution in [1.29, 1.82) is 0 Å². The van der Waals surface area contributed by atoms with Crippen LogP contribution in [0.15, 0.2) is 28.2 Å². The Kier molecular flexibility index (Phi) is 3.56. The van der Waals surface area contributed by atoms with Gasteiger partial charge in [-0.2, -0.15) is 0 Å². The quantitative estimate of drug-likeness (QED) is 0.903. The number of aromatic nitrogens is 1. The van der Waals surface area contributed by atoms with E-state index in [-0.39, 0.29) is 24.0 Å². The molecule has 0 radical (unpaired) electrons. The summed E-state index contributed by atoms with van der Waals surface area (Å²) in [5.74, 6) is 0.0174. The van der Waals surface area contributed by atoms with Gasteiger partial charge in [-0.15, -0.1) is 11.3 Å². The lowest BCUT2D eigenvalue weighted by atomic mass is 10.1. The summed E-state index contributed by atoms with van der Waals surface area (Å²) in [5, 5.41) is 7.37. The number of primary sulfonamides is 1. The summed E-state index contributed by atoms with van der Waals surface area (Å²) < 4.78 is 27.5. The molecule has 2 aromatic heterocycles. The molecule has 0 aromatic carbocycles. The number of amides is 1. The monoisotopic (exact) mass is 327 g/mol. The predicted octanol–water partition coefficient (Wildman–Crippen LogP) is 1.04. The molecular weight excluding hydrogens is 314 g/mol. The molecule has 0 saturated carbocycles. The second-order valence-electron chi connectivity index (χ2n) is 4.90. The molecule has 0 aliphatic carbocycles. The van der Waals surface area contributed by atoms with Crippen LogP contribution < -0.4 is 10.0 Å². The summed E-state index contributed by atoms with van der Waals surface area (Å²) in [4.78, 5) is 17.9. The summed E-state index contributed by atoms with van der Waals surface area (Å²) >= 11 is 1.32. The van der Waals surface area contributed by atoms with Crippen LogP contribution in [0.4, 0.5) is 5.13 Å².